The van der Waals surface area contributed by atoms with E-state index in [1.54, 1.807) is 0 Å². The molecule has 0 amide bonds. The molecule has 5 rings (SSSR count). The van der Waals surface area contributed by atoms with E-state index < -0.39 is 0 Å². The molecule has 0 aliphatic rings. The molecule has 0 spiro atoms. The van der Waals surface area contributed by atoms with Crippen LogP contribution >= 0.6 is 0 Å². The van der Waals surface area contributed by atoms with Crippen molar-refractivity contribution in [2.24, 2.45) is 0 Å². The molecule has 0 aliphatic carbocycles. The smallest absolute Gasteiger partial charge is 0.0158 e. The Balaban J connectivity index is 1.94. The lowest BCUT2D eigenvalue weighted by atomic mass is 9.69. The summed E-state index contributed by atoms with van der Waals surface area (Å²) in [5, 5.41) is 5.39. The van der Waals surface area contributed by atoms with Gasteiger partial charge in [-0.25, -0.2) is 0 Å². The van der Waals surface area contributed by atoms with Gasteiger partial charge in [-0.1, -0.05) is 137 Å². The number of benzene rings is 5. The zero-order valence-electron chi connectivity index (χ0n) is 19.4. The van der Waals surface area contributed by atoms with Crippen LogP contribution in [0.15, 0.2) is 109 Å². The Labute approximate surface area is 191 Å². The summed E-state index contributed by atoms with van der Waals surface area (Å²) in [6.45, 7) is 9.44. The van der Waals surface area contributed by atoms with Crippen LogP contribution in [0.3, 0.4) is 0 Å². The summed E-state index contributed by atoms with van der Waals surface area (Å²) in [4.78, 5) is 0. The van der Waals surface area contributed by atoms with Gasteiger partial charge in [0.25, 0.3) is 0 Å². The molecule has 158 valence electrons. The maximum atomic E-state index is 2.36. The van der Waals surface area contributed by atoms with Crippen LogP contribution in [0, 0.1) is 0 Å². The zero-order chi connectivity index (χ0) is 22.3. The van der Waals surface area contributed by atoms with Gasteiger partial charge in [0.05, 0.1) is 0 Å². The van der Waals surface area contributed by atoms with Gasteiger partial charge in [-0.3, -0.25) is 0 Å². The van der Waals surface area contributed by atoms with Crippen molar-refractivity contribution in [3.05, 3.63) is 131 Å². The van der Waals surface area contributed by atoms with Crippen LogP contribution in [0.5, 0.6) is 0 Å². The molecule has 0 nitrogen and oxygen atoms in total. The van der Waals surface area contributed by atoms with Crippen LogP contribution in [0.2, 0.25) is 0 Å². The summed E-state index contributed by atoms with van der Waals surface area (Å²) in [7, 11) is 0. The Morgan fingerprint density at radius 3 is 0.875 bits per heavy atom. The minimum Gasteiger partial charge on any atom is -0.0622 e. The molecule has 5 aromatic rings. The van der Waals surface area contributed by atoms with Crippen LogP contribution in [0.25, 0.3) is 21.5 Å². The second-order valence-corrected chi connectivity index (χ2v) is 9.82. The van der Waals surface area contributed by atoms with Crippen LogP contribution in [-0.4, -0.2) is 0 Å². The standard InChI is InChI=1S/C32H30/c1-31(2,23-15-7-5-8-16-23)29-25-19-11-13-21-27(25)30(28-22-14-12-20-26(28)29)32(3,4)24-17-9-6-10-18-24/h5-22H,1-4H3. The van der Waals surface area contributed by atoms with Crippen molar-refractivity contribution in [3.63, 3.8) is 0 Å². The highest BCUT2D eigenvalue weighted by molar-refractivity contribution is 6.08. The fourth-order valence-electron chi connectivity index (χ4n) is 5.47. The number of hydrogen-bond acceptors (Lipinski definition) is 0. The summed E-state index contributed by atoms with van der Waals surface area (Å²) in [5.74, 6) is 0. The van der Waals surface area contributed by atoms with Crippen molar-refractivity contribution in [1.29, 1.82) is 0 Å². The number of hydrogen-bond donors (Lipinski definition) is 0. The second kappa shape index (κ2) is 7.64. The summed E-state index contributed by atoms with van der Waals surface area (Å²) < 4.78 is 0. The van der Waals surface area contributed by atoms with Gasteiger partial charge in [-0.05, 0) is 43.8 Å². The average molecular weight is 415 g/mol. The van der Waals surface area contributed by atoms with Crippen LogP contribution in [-0.2, 0) is 10.8 Å². The molecule has 0 heterocycles. The summed E-state index contributed by atoms with van der Waals surface area (Å²) in [5.41, 5.74) is 5.23. The summed E-state index contributed by atoms with van der Waals surface area (Å²) in [6.07, 6.45) is 0. The molecule has 0 radical (unpaired) electrons. The van der Waals surface area contributed by atoms with Gasteiger partial charge in [-0.2, -0.15) is 0 Å². The van der Waals surface area contributed by atoms with E-state index in [9.17, 15) is 0 Å². The summed E-state index contributed by atoms with van der Waals surface area (Å²) in [6, 6.07) is 39.8. The first-order valence-electron chi connectivity index (χ1n) is 11.5. The Bertz CT molecular complexity index is 1220. The Kier molecular flexibility index (Phi) is 4.90. The summed E-state index contributed by atoms with van der Waals surface area (Å²) >= 11 is 0. The quantitative estimate of drug-likeness (QED) is 0.258. The lowest BCUT2D eigenvalue weighted by molar-refractivity contribution is 0.644. The van der Waals surface area contributed by atoms with E-state index in [1.165, 1.54) is 43.8 Å². The topological polar surface area (TPSA) is 0 Å². The predicted octanol–water partition coefficient (Wildman–Crippen LogP) is 8.64. The van der Waals surface area contributed by atoms with Crippen molar-refractivity contribution in [3.8, 4) is 0 Å². The van der Waals surface area contributed by atoms with E-state index in [0.29, 0.717) is 0 Å². The molecule has 0 heteroatoms. The van der Waals surface area contributed by atoms with E-state index in [4.69, 9.17) is 0 Å². The maximum absolute atomic E-state index is 2.36. The molecule has 0 atom stereocenters. The number of fused-ring (bicyclic) bond motifs is 2. The minimum atomic E-state index is -0.129. The average Bonchev–Trinajstić information content (AvgIpc) is 2.83. The third-order valence-corrected chi connectivity index (χ3v) is 7.17. The van der Waals surface area contributed by atoms with Gasteiger partial charge < -0.3 is 0 Å². The maximum Gasteiger partial charge on any atom is 0.0158 e. The Morgan fingerprint density at radius 1 is 0.344 bits per heavy atom. The first kappa shape index (κ1) is 20.5. The molecule has 0 aliphatic heterocycles. The SMILES string of the molecule is CC(C)(c1ccccc1)c1c2ccccc2c(C(C)(C)c2ccccc2)c2ccccc12. The first-order valence-corrected chi connectivity index (χ1v) is 11.5. The molecule has 0 saturated heterocycles. The van der Waals surface area contributed by atoms with Gasteiger partial charge in [0, 0.05) is 10.8 Å². The van der Waals surface area contributed by atoms with Gasteiger partial charge in [-0.15, -0.1) is 0 Å². The van der Waals surface area contributed by atoms with Crippen LogP contribution in [0.1, 0.15) is 49.9 Å². The van der Waals surface area contributed by atoms with Crippen molar-refractivity contribution < 1.29 is 0 Å². The third-order valence-electron chi connectivity index (χ3n) is 7.17. The highest BCUT2D eigenvalue weighted by Crippen LogP contribution is 2.47. The molecular formula is C32H30. The van der Waals surface area contributed by atoms with E-state index in [1.807, 2.05) is 0 Å². The van der Waals surface area contributed by atoms with Crippen molar-refractivity contribution in [2.45, 2.75) is 38.5 Å². The second-order valence-electron chi connectivity index (χ2n) is 9.82. The Hall–Kier alpha value is -3.38. The molecule has 0 fully saturated rings. The van der Waals surface area contributed by atoms with Gasteiger partial charge in [0.1, 0.15) is 0 Å². The van der Waals surface area contributed by atoms with Crippen molar-refractivity contribution in [1.82, 2.24) is 0 Å². The van der Waals surface area contributed by atoms with E-state index >= 15 is 0 Å². The van der Waals surface area contributed by atoms with Gasteiger partial charge in [0.15, 0.2) is 0 Å². The van der Waals surface area contributed by atoms with E-state index in [0.717, 1.165) is 0 Å². The zero-order valence-corrected chi connectivity index (χ0v) is 19.4. The molecule has 0 saturated carbocycles. The molecule has 32 heavy (non-hydrogen) atoms. The van der Waals surface area contributed by atoms with E-state index in [-0.39, 0.29) is 10.8 Å². The fraction of sp³-hybridized carbons (Fsp3) is 0.188. The van der Waals surface area contributed by atoms with Crippen LogP contribution in [0.4, 0.5) is 0 Å². The highest BCUT2D eigenvalue weighted by atomic mass is 14.4. The Morgan fingerprint density at radius 2 is 0.594 bits per heavy atom. The van der Waals surface area contributed by atoms with E-state index in [2.05, 4.69) is 137 Å². The number of rotatable bonds is 4. The lowest BCUT2D eigenvalue weighted by Crippen LogP contribution is -2.23. The molecule has 0 unspecified atom stereocenters. The minimum absolute atomic E-state index is 0.129. The lowest BCUT2D eigenvalue weighted by Gasteiger charge is -2.34. The molecule has 5 aromatic carbocycles. The highest BCUT2D eigenvalue weighted by Gasteiger charge is 2.33. The first-order chi connectivity index (χ1) is 15.4. The monoisotopic (exact) mass is 414 g/mol. The predicted molar refractivity (Wildman–Crippen MR) is 139 cm³/mol. The van der Waals surface area contributed by atoms with Gasteiger partial charge >= 0.3 is 0 Å². The largest absolute Gasteiger partial charge is 0.0622 e. The fourth-order valence-corrected chi connectivity index (χ4v) is 5.47. The van der Waals surface area contributed by atoms with Crippen molar-refractivity contribution >= 4 is 21.5 Å². The van der Waals surface area contributed by atoms with Gasteiger partial charge in [0.2, 0.25) is 0 Å². The molecular weight excluding hydrogens is 384 g/mol. The normalized spacial score (nSPS) is 12.4. The molecule has 0 aromatic heterocycles. The van der Waals surface area contributed by atoms with Crippen molar-refractivity contribution in [2.75, 3.05) is 0 Å². The van der Waals surface area contributed by atoms with Crippen LogP contribution < -0.4 is 0 Å². The molecule has 0 N–H and O–H groups in total. The third kappa shape index (κ3) is 3.14. The molecule has 0 bridgehead atoms.